The zero-order chi connectivity index (χ0) is 9.42. The average molecular weight is 195 g/mol. The molecule has 0 saturated carbocycles. The highest BCUT2D eigenvalue weighted by atomic mass is 32.1. The normalized spacial score (nSPS) is 10.5. The summed E-state index contributed by atoms with van der Waals surface area (Å²) in [4.78, 5) is 10.4. The molecule has 0 bridgehead atoms. The highest BCUT2D eigenvalue weighted by molar-refractivity contribution is 7.22. The van der Waals surface area contributed by atoms with E-state index in [2.05, 4.69) is 0 Å². The molecule has 0 spiro atoms. The van der Waals surface area contributed by atoms with E-state index in [9.17, 15) is 9.18 Å². The molecule has 2 rings (SSSR count). The molecule has 1 aromatic heterocycles. The maximum absolute atomic E-state index is 13.2. The average Bonchev–Trinajstić information content (AvgIpc) is 2.46. The highest BCUT2D eigenvalue weighted by Gasteiger charge is 2.06. The third-order valence-electron chi connectivity index (χ3n) is 1.75. The quantitative estimate of drug-likeness (QED) is 0.710. The van der Waals surface area contributed by atoms with Gasteiger partial charge in [-0.3, -0.25) is 4.79 Å². The number of hydrogen-bond acceptors (Lipinski definition) is 3. The summed E-state index contributed by atoms with van der Waals surface area (Å²) in [5.41, 5.74) is 5.85. The topological polar surface area (TPSA) is 43.1 Å². The number of anilines is 1. The Balaban J connectivity index is 2.82. The number of rotatable bonds is 1. The Bertz CT molecular complexity index is 478. The van der Waals surface area contributed by atoms with Gasteiger partial charge >= 0.3 is 0 Å². The van der Waals surface area contributed by atoms with E-state index in [0.29, 0.717) is 26.9 Å². The molecule has 0 aliphatic heterocycles. The summed E-state index contributed by atoms with van der Waals surface area (Å²) in [5.74, 6) is -0.388. The van der Waals surface area contributed by atoms with Gasteiger partial charge in [0.05, 0.1) is 9.70 Å². The van der Waals surface area contributed by atoms with Gasteiger partial charge in [-0.1, -0.05) is 0 Å². The molecule has 0 fully saturated rings. The van der Waals surface area contributed by atoms with Gasteiger partial charge < -0.3 is 5.73 Å². The number of aldehydes is 1. The third-order valence-corrected chi connectivity index (χ3v) is 2.74. The molecule has 4 heteroatoms. The first-order chi connectivity index (χ1) is 6.20. The van der Waals surface area contributed by atoms with Crippen LogP contribution in [0.1, 0.15) is 10.4 Å². The SMILES string of the molecule is Nc1cc2cc(C=O)cc(F)c2s1. The molecule has 2 aromatic rings. The van der Waals surface area contributed by atoms with Crippen LogP contribution in [0.2, 0.25) is 0 Å². The first-order valence-corrected chi connectivity index (χ1v) is 4.46. The minimum atomic E-state index is -0.388. The largest absolute Gasteiger partial charge is 0.391 e. The van der Waals surface area contributed by atoms with Crippen molar-refractivity contribution in [2.45, 2.75) is 0 Å². The Hall–Kier alpha value is -1.42. The van der Waals surface area contributed by atoms with Crippen molar-refractivity contribution in [2.24, 2.45) is 0 Å². The lowest BCUT2D eigenvalue weighted by atomic mass is 10.2. The minimum Gasteiger partial charge on any atom is -0.391 e. The highest BCUT2D eigenvalue weighted by Crippen LogP contribution is 2.30. The molecular formula is C9H6FNOS. The van der Waals surface area contributed by atoms with Gasteiger partial charge in [0.2, 0.25) is 0 Å². The predicted molar refractivity (Wildman–Crippen MR) is 51.6 cm³/mol. The number of halogens is 1. The van der Waals surface area contributed by atoms with E-state index in [1.807, 2.05) is 0 Å². The fraction of sp³-hybridized carbons (Fsp3) is 0. The van der Waals surface area contributed by atoms with Crippen molar-refractivity contribution < 1.29 is 9.18 Å². The number of fused-ring (bicyclic) bond motifs is 1. The van der Waals surface area contributed by atoms with E-state index in [-0.39, 0.29) is 5.82 Å². The molecule has 0 aliphatic carbocycles. The fourth-order valence-electron chi connectivity index (χ4n) is 1.22. The van der Waals surface area contributed by atoms with E-state index < -0.39 is 0 Å². The molecule has 66 valence electrons. The molecule has 2 nitrogen and oxygen atoms in total. The first kappa shape index (κ1) is 8.19. The monoisotopic (exact) mass is 195 g/mol. The number of carbonyl (C=O) groups excluding carboxylic acids is 1. The number of benzene rings is 1. The Kier molecular flexibility index (Phi) is 1.77. The summed E-state index contributed by atoms with van der Waals surface area (Å²) in [7, 11) is 0. The molecule has 1 heterocycles. The van der Waals surface area contributed by atoms with Crippen molar-refractivity contribution in [3.05, 3.63) is 29.6 Å². The zero-order valence-corrected chi connectivity index (χ0v) is 7.40. The molecule has 0 atom stereocenters. The number of carbonyl (C=O) groups is 1. The molecule has 1 aromatic carbocycles. The van der Waals surface area contributed by atoms with Crippen LogP contribution < -0.4 is 5.73 Å². The van der Waals surface area contributed by atoms with Gasteiger partial charge in [-0.25, -0.2) is 4.39 Å². The lowest BCUT2D eigenvalue weighted by molar-refractivity contribution is 0.112. The number of nitrogen functional groups attached to an aromatic ring is 1. The second-order valence-corrected chi connectivity index (χ2v) is 3.77. The van der Waals surface area contributed by atoms with Crippen molar-refractivity contribution in [1.82, 2.24) is 0 Å². The van der Waals surface area contributed by atoms with Crippen LogP contribution in [-0.4, -0.2) is 6.29 Å². The van der Waals surface area contributed by atoms with Crippen LogP contribution in [0.25, 0.3) is 10.1 Å². The van der Waals surface area contributed by atoms with Gasteiger partial charge in [-0.05, 0) is 23.6 Å². The first-order valence-electron chi connectivity index (χ1n) is 3.64. The van der Waals surface area contributed by atoms with Crippen LogP contribution in [-0.2, 0) is 0 Å². The van der Waals surface area contributed by atoms with Crippen molar-refractivity contribution >= 4 is 32.7 Å². The number of hydrogen-bond donors (Lipinski definition) is 1. The van der Waals surface area contributed by atoms with Gasteiger partial charge in [-0.2, -0.15) is 0 Å². The molecular weight excluding hydrogens is 189 g/mol. The summed E-state index contributed by atoms with van der Waals surface area (Å²) in [6.45, 7) is 0. The maximum Gasteiger partial charge on any atom is 0.150 e. The lowest BCUT2D eigenvalue weighted by Crippen LogP contribution is -1.81. The standard InChI is InChI=1S/C9H6FNOS/c10-7-2-5(4-12)1-6-3-8(11)13-9(6)7/h1-4H,11H2. The number of thiophene rings is 1. The van der Waals surface area contributed by atoms with Crippen LogP contribution in [0.3, 0.4) is 0 Å². The second-order valence-electron chi connectivity index (χ2n) is 2.69. The van der Waals surface area contributed by atoms with Crippen molar-refractivity contribution in [1.29, 1.82) is 0 Å². The van der Waals surface area contributed by atoms with Crippen LogP contribution in [0.4, 0.5) is 9.39 Å². The Morgan fingerprint density at radius 2 is 2.15 bits per heavy atom. The van der Waals surface area contributed by atoms with E-state index in [1.54, 1.807) is 12.1 Å². The smallest absolute Gasteiger partial charge is 0.150 e. The van der Waals surface area contributed by atoms with Gasteiger partial charge in [0.1, 0.15) is 12.1 Å². The molecule has 13 heavy (non-hydrogen) atoms. The lowest BCUT2D eigenvalue weighted by Gasteiger charge is -1.93. The van der Waals surface area contributed by atoms with Crippen LogP contribution in [0.5, 0.6) is 0 Å². The van der Waals surface area contributed by atoms with Crippen LogP contribution >= 0.6 is 11.3 Å². The summed E-state index contributed by atoms with van der Waals surface area (Å²) < 4.78 is 13.7. The Labute approximate surface area is 77.8 Å². The third kappa shape index (κ3) is 1.29. The minimum absolute atomic E-state index is 0.336. The molecule has 0 unspecified atom stereocenters. The van der Waals surface area contributed by atoms with Crippen molar-refractivity contribution in [3.8, 4) is 0 Å². The molecule has 2 N–H and O–H groups in total. The Morgan fingerprint density at radius 1 is 1.38 bits per heavy atom. The Morgan fingerprint density at radius 3 is 2.85 bits per heavy atom. The van der Waals surface area contributed by atoms with Gasteiger partial charge in [0.15, 0.2) is 0 Å². The second kappa shape index (κ2) is 2.81. The van der Waals surface area contributed by atoms with E-state index in [1.165, 1.54) is 17.4 Å². The predicted octanol–water partition coefficient (Wildman–Crippen LogP) is 2.44. The maximum atomic E-state index is 13.2. The molecule has 0 radical (unpaired) electrons. The van der Waals surface area contributed by atoms with Crippen molar-refractivity contribution in [2.75, 3.05) is 5.73 Å². The van der Waals surface area contributed by atoms with Gasteiger partial charge in [-0.15, -0.1) is 11.3 Å². The summed E-state index contributed by atoms with van der Waals surface area (Å²) >= 11 is 1.18. The van der Waals surface area contributed by atoms with Crippen LogP contribution in [0, 0.1) is 5.82 Å². The van der Waals surface area contributed by atoms with Crippen molar-refractivity contribution in [3.63, 3.8) is 0 Å². The van der Waals surface area contributed by atoms with E-state index in [4.69, 9.17) is 5.73 Å². The summed E-state index contributed by atoms with van der Waals surface area (Å²) in [6, 6.07) is 4.50. The van der Waals surface area contributed by atoms with E-state index in [0.717, 1.165) is 0 Å². The summed E-state index contributed by atoms with van der Waals surface area (Å²) in [6.07, 6.45) is 0.621. The molecule has 0 aliphatic rings. The molecule has 0 amide bonds. The number of nitrogens with two attached hydrogens (primary N) is 1. The summed E-state index contributed by atoms with van der Waals surface area (Å²) in [5, 5.41) is 1.24. The van der Waals surface area contributed by atoms with Crippen LogP contribution in [0.15, 0.2) is 18.2 Å². The zero-order valence-electron chi connectivity index (χ0n) is 6.58. The fourth-order valence-corrected chi connectivity index (χ4v) is 2.03. The van der Waals surface area contributed by atoms with E-state index >= 15 is 0 Å². The van der Waals surface area contributed by atoms with Gasteiger partial charge in [0, 0.05) is 5.56 Å². The van der Waals surface area contributed by atoms with Gasteiger partial charge in [0.25, 0.3) is 0 Å². The molecule has 0 saturated heterocycles.